The van der Waals surface area contributed by atoms with Gasteiger partial charge in [-0.15, -0.1) is 10.2 Å². The van der Waals surface area contributed by atoms with Crippen LogP contribution in [-0.2, 0) is 4.79 Å². The van der Waals surface area contributed by atoms with E-state index in [4.69, 9.17) is 31.2 Å². The van der Waals surface area contributed by atoms with Crippen molar-refractivity contribution in [3.8, 4) is 5.75 Å². The van der Waals surface area contributed by atoms with Crippen LogP contribution in [0.25, 0.3) is 5.57 Å². The molecule has 0 bridgehead atoms. The highest BCUT2D eigenvalue weighted by Crippen LogP contribution is 2.39. The first-order valence-electron chi connectivity index (χ1n) is 16.6. The van der Waals surface area contributed by atoms with Crippen LogP contribution in [0.4, 0.5) is 17.2 Å². The predicted molar refractivity (Wildman–Crippen MR) is 202 cm³/mol. The minimum Gasteiger partial charge on any atom is -0.494 e. The first-order valence-corrected chi connectivity index (χ1v) is 16.6. The van der Waals surface area contributed by atoms with Gasteiger partial charge in [-0.25, -0.2) is 4.79 Å². The fourth-order valence-electron chi connectivity index (χ4n) is 5.21. The van der Waals surface area contributed by atoms with Crippen molar-refractivity contribution in [1.29, 1.82) is 0 Å². The fraction of sp³-hybridized carbons (Fsp3) is 0.405. The summed E-state index contributed by atoms with van der Waals surface area (Å²) in [6.07, 6.45) is 14.2. The van der Waals surface area contributed by atoms with Crippen LogP contribution in [0.15, 0.2) is 77.6 Å². The molecule has 1 atom stereocenters. The first kappa shape index (κ1) is 38.6. The number of rotatable bonds is 18. The molecule has 1 aliphatic rings. The second-order valence-electron chi connectivity index (χ2n) is 12.2. The zero-order chi connectivity index (χ0) is 36.1. The number of nitrogens with one attached hydrogen (secondary N) is 2. The van der Waals surface area contributed by atoms with Gasteiger partial charge >= 0.3 is 0 Å². The lowest BCUT2D eigenvalue weighted by molar-refractivity contribution is 0.0995. The Hall–Kier alpha value is -4.82. The van der Waals surface area contributed by atoms with E-state index in [1.54, 1.807) is 44.3 Å². The van der Waals surface area contributed by atoms with Gasteiger partial charge in [0.05, 0.1) is 39.9 Å². The van der Waals surface area contributed by atoms with Crippen molar-refractivity contribution in [1.82, 2.24) is 15.1 Å². The molecular formula is C37H47B2N7O3. The molecule has 1 amide bonds. The zero-order valence-electron chi connectivity index (χ0n) is 29.5. The number of para-hydroxylation sites is 1. The van der Waals surface area contributed by atoms with Crippen LogP contribution in [0.3, 0.4) is 0 Å². The summed E-state index contributed by atoms with van der Waals surface area (Å²) in [6, 6.07) is 7.16. The molecule has 1 aromatic carbocycles. The van der Waals surface area contributed by atoms with Crippen LogP contribution in [-0.4, -0.2) is 74.4 Å². The maximum atomic E-state index is 12.6. The number of nitrogens with two attached hydrogens (primary N) is 1. The van der Waals surface area contributed by atoms with Gasteiger partial charge in [0.25, 0.3) is 5.91 Å². The molecule has 0 spiro atoms. The summed E-state index contributed by atoms with van der Waals surface area (Å²) in [6.45, 7) is 12.5. The molecule has 0 aliphatic heterocycles. The number of ether oxygens (including phenoxy) is 1. The van der Waals surface area contributed by atoms with Crippen LogP contribution < -0.4 is 21.1 Å². The number of anilines is 3. The van der Waals surface area contributed by atoms with Gasteiger partial charge in [0, 0.05) is 37.0 Å². The number of allylic oxidation sites excluding steroid dienone is 5. The number of methoxy groups -OCH3 is 1. The molecule has 4 N–H and O–H groups in total. The number of hydrogen-bond acceptors (Lipinski definition) is 9. The summed E-state index contributed by atoms with van der Waals surface area (Å²) < 4.78 is 5.88. The molecule has 1 aromatic heterocycles. The van der Waals surface area contributed by atoms with Crippen LogP contribution in [0.5, 0.6) is 5.75 Å². The van der Waals surface area contributed by atoms with Crippen LogP contribution >= 0.6 is 0 Å². The van der Waals surface area contributed by atoms with Gasteiger partial charge in [-0.3, -0.25) is 9.79 Å². The summed E-state index contributed by atoms with van der Waals surface area (Å²) in [5.74, 6) is 2.65. The minimum atomic E-state index is -1.30. The number of amides is 1. The number of benzene rings is 1. The van der Waals surface area contributed by atoms with Gasteiger partial charge in [0.2, 0.25) is 0 Å². The molecule has 1 saturated carbocycles. The molecule has 10 nitrogen and oxygen atoms in total. The van der Waals surface area contributed by atoms with Crippen LogP contribution in [0.1, 0.15) is 75.9 Å². The summed E-state index contributed by atoms with van der Waals surface area (Å²) in [4.78, 5) is 31.2. The Morgan fingerprint density at radius 3 is 2.57 bits per heavy atom. The Labute approximate surface area is 293 Å². The smallest absolute Gasteiger partial charge is 0.271 e. The normalized spacial score (nSPS) is 14.7. The molecule has 254 valence electrons. The topological polar surface area (TPSA) is 135 Å². The van der Waals surface area contributed by atoms with E-state index in [0.717, 1.165) is 37.7 Å². The average Bonchev–Trinajstić information content (AvgIpc) is 3.05. The van der Waals surface area contributed by atoms with E-state index in [-0.39, 0.29) is 23.9 Å². The number of aromatic nitrogens is 2. The monoisotopic (exact) mass is 659 g/mol. The van der Waals surface area contributed by atoms with Crippen molar-refractivity contribution < 1.29 is 14.3 Å². The first-order chi connectivity index (χ1) is 23.4. The molecule has 4 radical (unpaired) electrons. The van der Waals surface area contributed by atoms with E-state index in [9.17, 15) is 9.59 Å². The highest BCUT2D eigenvalue weighted by atomic mass is 16.5. The lowest BCUT2D eigenvalue weighted by Crippen LogP contribution is -2.58. The van der Waals surface area contributed by atoms with E-state index in [0.29, 0.717) is 45.7 Å². The Morgan fingerprint density at radius 2 is 2.00 bits per heavy atom. The number of aliphatic imine (C=N–C) groups is 1. The van der Waals surface area contributed by atoms with Crippen molar-refractivity contribution in [2.45, 2.75) is 65.1 Å². The number of primary amides is 1. The Morgan fingerprint density at radius 1 is 1.27 bits per heavy atom. The zero-order valence-corrected chi connectivity index (χ0v) is 29.5. The molecule has 3 rings (SSSR count). The summed E-state index contributed by atoms with van der Waals surface area (Å²) in [5, 5.41) is 12.8. The molecular weight excluding hydrogens is 612 g/mol. The van der Waals surface area contributed by atoms with Crippen LogP contribution in [0.2, 0.25) is 0 Å². The molecule has 0 saturated heterocycles. The Balaban J connectivity index is 2.08. The number of hydrogen-bond donors (Lipinski definition) is 3. The predicted octanol–water partition coefficient (Wildman–Crippen LogP) is 6.10. The van der Waals surface area contributed by atoms with Crippen molar-refractivity contribution in [2.24, 2.45) is 22.6 Å². The van der Waals surface area contributed by atoms with Gasteiger partial charge in [-0.05, 0) is 55.0 Å². The molecule has 1 heterocycles. The summed E-state index contributed by atoms with van der Waals surface area (Å²) in [5.41, 5.74) is 9.17. The van der Waals surface area contributed by atoms with Crippen molar-refractivity contribution in [2.75, 3.05) is 31.3 Å². The molecule has 2 aromatic rings. The van der Waals surface area contributed by atoms with Crippen molar-refractivity contribution >= 4 is 56.0 Å². The van der Waals surface area contributed by atoms with Crippen molar-refractivity contribution in [3.05, 3.63) is 83.9 Å². The minimum absolute atomic E-state index is 0.00273. The summed E-state index contributed by atoms with van der Waals surface area (Å²) in [7, 11) is 16.8. The van der Waals surface area contributed by atoms with Gasteiger partial charge < -0.3 is 26.0 Å². The number of nitrogens with zero attached hydrogens (tertiary/aromatic N) is 4. The molecule has 12 heteroatoms. The van der Waals surface area contributed by atoms with E-state index in [1.807, 2.05) is 37.3 Å². The number of carbonyl (C=O) groups is 1. The van der Waals surface area contributed by atoms with Crippen molar-refractivity contribution in [3.63, 3.8) is 0 Å². The van der Waals surface area contributed by atoms with Crippen LogP contribution in [0, 0.1) is 11.8 Å². The molecule has 1 aliphatic carbocycles. The molecule has 1 fully saturated rings. The third-order valence-electron chi connectivity index (χ3n) is 8.61. The summed E-state index contributed by atoms with van der Waals surface area (Å²) >= 11 is 0. The van der Waals surface area contributed by atoms with Gasteiger partial charge in [0.15, 0.2) is 17.5 Å². The maximum absolute atomic E-state index is 12.6. The van der Waals surface area contributed by atoms with E-state index < -0.39 is 11.2 Å². The fourth-order valence-corrected chi connectivity index (χ4v) is 5.21. The highest BCUT2D eigenvalue weighted by molar-refractivity contribution is 6.40. The van der Waals surface area contributed by atoms with Gasteiger partial charge in [-0.1, -0.05) is 76.6 Å². The quantitative estimate of drug-likeness (QED) is 0.0756. The Kier molecular flexibility index (Phi) is 14.3. The third kappa shape index (κ3) is 9.86. The van der Waals surface area contributed by atoms with E-state index >= 15 is 0 Å². The lowest BCUT2D eigenvalue weighted by atomic mass is 9.49. The highest BCUT2D eigenvalue weighted by Gasteiger charge is 2.39. The number of carbonyl (C=O) groups excluding carboxylic acids is 2. The standard InChI is InChI=1S/C37H47B2N7O3/c1-8-10-13-27(29-16-12-17-30(35(29)49-7)43-31-20-33(41-6)44-45-34(31)36(40)48)21-42-26(5)32(23-47)46(37(38,39)28-14-11-15-28)22-25(4)19-18-24(3)9-2/h10,12-13,16-21,24,28H,4,8-9,11,14-15,22H2,1-3,5-7H3,(H2,40,48)(H2,41,43,44)/b13-10+,19-18-,27-21+,42-26?. The average molecular weight is 659 g/mol. The second-order valence-corrected chi connectivity index (χ2v) is 12.2. The maximum Gasteiger partial charge on any atom is 0.271 e. The van der Waals surface area contributed by atoms with Gasteiger partial charge in [-0.2, -0.15) is 0 Å². The molecule has 1 unspecified atom stereocenters. The lowest BCUT2D eigenvalue weighted by Gasteiger charge is -2.50. The Bertz CT molecular complexity index is 1670. The third-order valence-corrected chi connectivity index (χ3v) is 8.61. The van der Waals surface area contributed by atoms with Gasteiger partial charge in [0.1, 0.15) is 11.4 Å². The molecule has 49 heavy (non-hydrogen) atoms. The van der Waals surface area contributed by atoms with E-state index in [1.165, 1.54) is 0 Å². The largest absolute Gasteiger partial charge is 0.494 e. The van der Waals surface area contributed by atoms with E-state index in [2.05, 4.69) is 53.3 Å². The second kappa shape index (κ2) is 18.1. The SMILES string of the molecule is [B]C([B])(C1CCC1)N(CC(=C)/C=C\C(C)CC)C(=C=O)C(C)=N/C=C(\C=C\CC)c1cccc(Nc2cc(NC)nnc2C(N)=O)c1OC.